The highest BCUT2D eigenvalue weighted by atomic mass is 16.5. The molecule has 2 saturated heterocycles. The Kier molecular flexibility index (Phi) is 4.62. The number of likely N-dealkylation sites (tertiary alicyclic amines) is 1. The van der Waals surface area contributed by atoms with Gasteiger partial charge in [0.05, 0.1) is 25.2 Å². The number of nitrogens with two attached hydrogens (primary N) is 1. The fraction of sp³-hybridized carbons (Fsp3) is 0.412. The average molecular weight is 315 g/mol. The molecule has 0 aliphatic carbocycles. The van der Waals surface area contributed by atoms with Crippen molar-refractivity contribution in [1.82, 2.24) is 9.80 Å². The highest BCUT2D eigenvalue weighted by molar-refractivity contribution is 6.07. The number of morpholine rings is 1. The molecule has 2 N–H and O–H groups in total. The van der Waals surface area contributed by atoms with Crippen LogP contribution in [0.1, 0.15) is 12.0 Å². The second-order valence-corrected chi connectivity index (χ2v) is 5.73. The maximum absolute atomic E-state index is 12.5. The molecule has 0 saturated carbocycles. The van der Waals surface area contributed by atoms with E-state index in [2.05, 4.69) is 0 Å². The van der Waals surface area contributed by atoms with E-state index in [0.29, 0.717) is 50.7 Å². The lowest BCUT2D eigenvalue weighted by molar-refractivity contribution is -0.140. The van der Waals surface area contributed by atoms with Gasteiger partial charge >= 0.3 is 0 Å². The molecule has 1 aromatic rings. The van der Waals surface area contributed by atoms with Crippen molar-refractivity contribution in [3.8, 4) is 0 Å². The van der Waals surface area contributed by atoms with Crippen LogP contribution in [-0.4, -0.2) is 54.5 Å². The Morgan fingerprint density at radius 3 is 2.52 bits per heavy atom. The van der Waals surface area contributed by atoms with E-state index in [0.717, 1.165) is 5.56 Å². The van der Waals surface area contributed by atoms with Crippen molar-refractivity contribution in [1.29, 1.82) is 0 Å². The molecule has 0 aromatic heterocycles. The molecule has 2 amide bonds. The van der Waals surface area contributed by atoms with Crippen LogP contribution in [0.15, 0.2) is 41.7 Å². The minimum absolute atomic E-state index is 0.175. The van der Waals surface area contributed by atoms with Crippen molar-refractivity contribution in [3.05, 3.63) is 47.3 Å². The van der Waals surface area contributed by atoms with E-state index < -0.39 is 0 Å². The SMILES string of the molecule is N/C(=C1/CCN(C(=O)Cc2ccccc2)C1=O)N1CCOCC1. The Morgan fingerprint density at radius 1 is 1.13 bits per heavy atom. The van der Waals surface area contributed by atoms with Crippen LogP contribution < -0.4 is 5.73 Å². The lowest BCUT2D eigenvalue weighted by Gasteiger charge is -2.29. The molecule has 2 aliphatic heterocycles. The van der Waals surface area contributed by atoms with Crippen molar-refractivity contribution < 1.29 is 14.3 Å². The summed E-state index contributed by atoms with van der Waals surface area (Å²) in [6.45, 7) is 2.99. The molecule has 6 heteroatoms. The van der Waals surface area contributed by atoms with Crippen molar-refractivity contribution in [2.45, 2.75) is 12.8 Å². The van der Waals surface area contributed by atoms with Crippen LogP contribution in [0.3, 0.4) is 0 Å². The molecule has 3 rings (SSSR count). The molecule has 1 aromatic carbocycles. The van der Waals surface area contributed by atoms with Gasteiger partial charge in [-0.05, 0) is 12.0 Å². The second-order valence-electron chi connectivity index (χ2n) is 5.73. The molecule has 23 heavy (non-hydrogen) atoms. The van der Waals surface area contributed by atoms with Crippen LogP contribution in [0, 0.1) is 0 Å². The van der Waals surface area contributed by atoms with Crippen LogP contribution in [0.5, 0.6) is 0 Å². The zero-order valence-corrected chi connectivity index (χ0v) is 13.0. The van der Waals surface area contributed by atoms with Crippen LogP contribution in [0.2, 0.25) is 0 Å². The maximum atomic E-state index is 12.5. The number of rotatable bonds is 3. The summed E-state index contributed by atoms with van der Waals surface area (Å²) in [6, 6.07) is 9.44. The molecule has 2 aliphatic rings. The van der Waals surface area contributed by atoms with Crippen LogP contribution in [0.25, 0.3) is 0 Å². The summed E-state index contributed by atoms with van der Waals surface area (Å²) in [5.41, 5.74) is 7.61. The number of benzene rings is 1. The largest absolute Gasteiger partial charge is 0.385 e. The summed E-state index contributed by atoms with van der Waals surface area (Å²) in [7, 11) is 0. The highest BCUT2D eigenvalue weighted by Gasteiger charge is 2.33. The zero-order valence-electron chi connectivity index (χ0n) is 13.0. The molecule has 0 spiro atoms. The van der Waals surface area contributed by atoms with Crippen LogP contribution in [0.4, 0.5) is 0 Å². The van der Waals surface area contributed by atoms with Crippen molar-refractivity contribution in [2.75, 3.05) is 32.8 Å². The van der Waals surface area contributed by atoms with Gasteiger partial charge in [-0.1, -0.05) is 30.3 Å². The summed E-state index contributed by atoms with van der Waals surface area (Å²) in [5.74, 6) is 0.0641. The number of hydrogen-bond acceptors (Lipinski definition) is 5. The van der Waals surface area contributed by atoms with Crippen molar-refractivity contribution in [2.24, 2.45) is 5.73 Å². The van der Waals surface area contributed by atoms with Gasteiger partial charge in [-0.15, -0.1) is 0 Å². The molecule has 6 nitrogen and oxygen atoms in total. The molecule has 0 atom stereocenters. The fourth-order valence-electron chi connectivity index (χ4n) is 2.93. The molecule has 0 bridgehead atoms. The third-order valence-corrected chi connectivity index (χ3v) is 4.25. The Bertz CT molecular complexity index is 621. The van der Waals surface area contributed by atoms with Gasteiger partial charge in [0, 0.05) is 19.6 Å². The normalized spacial score (nSPS) is 20.8. The maximum Gasteiger partial charge on any atom is 0.260 e. The summed E-state index contributed by atoms with van der Waals surface area (Å²) in [6.07, 6.45) is 0.750. The van der Waals surface area contributed by atoms with E-state index in [-0.39, 0.29) is 18.2 Å². The van der Waals surface area contributed by atoms with Crippen molar-refractivity contribution >= 4 is 11.8 Å². The number of amides is 2. The van der Waals surface area contributed by atoms with Gasteiger partial charge in [0.15, 0.2) is 0 Å². The minimum atomic E-state index is -0.255. The van der Waals surface area contributed by atoms with E-state index in [1.54, 1.807) is 0 Å². The molecule has 2 heterocycles. The number of ether oxygens (including phenoxy) is 1. The van der Waals surface area contributed by atoms with Gasteiger partial charge < -0.3 is 15.4 Å². The summed E-state index contributed by atoms with van der Waals surface area (Å²) in [5, 5.41) is 0. The third kappa shape index (κ3) is 3.37. The topological polar surface area (TPSA) is 75.9 Å². The van der Waals surface area contributed by atoms with Crippen LogP contribution >= 0.6 is 0 Å². The number of carbonyl (C=O) groups excluding carboxylic acids is 2. The molecular weight excluding hydrogens is 294 g/mol. The summed E-state index contributed by atoms with van der Waals surface area (Å²) < 4.78 is 5.30. The Morgan fingerprint density at radius 2 is 1.83 bits per heavy atom. The van der Waals surface area contributed by atoms with Gasteiger partial charge in [0.2, 0.25) is 5.91 Å². The average Bonchev–Trinajstić information content (AvgIpc) is 2.97. The van der Waals surface area contributed by atoms with E-state index in [4.69, 9.17) is 10.5 Å². The molecule has 0 unspecified atom stereocenters. The standard InChI is InChI=1S/C17H21N3O3/c18-16(19-8-10-23-11-9-19)14-6-7-20(17(14)22)15(21)12-13-4-2-1-3-5-13/h1-5H,6-12,18H2/b16-14+. The number of imide groups is 1. The second kappa shape index (κ2) is 6.83. The van der Waals surface area contributed by atoms with E-state index in [1.165, 1.54) is 4.90 Å². The minimum Gasteiger partial charge on any atom is -0.385 e. The van der Waals surface area contributed by atoms with Gasteiger partial charge in [0.25, 0.3) is 5.91 Å². The smallest absolute Gasteiger partial charge is 0.260 e. The number of carbonyl (C=O) groups is 2. The first-order valence-corrected chi connectivity index (χ1v) is 7.87. The Hall–Kier alpha value is -2.34. The van der Waals surface area contributed by atoms with Crippen LogP contribution in [-0.2, 0) is 20.7 Å². The number of hydrogen-bond donors (Lipinski definition) is 1. The van der Waals surface area contributed by atoms with Gasteiger partial charge in [0.1, 0.15) is 5.82 Å². The Labute approximate surface area is 135 Å². The first-order valence-electron chi connectivity index (χ1n) is 7.87. The van der Waals surface area contributed by atoms with Gasteiger partial charge in [-0.25, -0.2) is 0 Å². The summed E-state index contributed by atoms with van der Waals surface area (Å²) in [4.78, 5) is 28.2. The fourth-order valence-corrected chi connectivity index (χ4v) is 2.93. The monoisotopic (exact) mass is 315 g/mol. The van der Waals surface area contributed by atoms with Gasteiger partial charge in [-0.2, -0.15) is 0 Å². The predicted octanol–water partition coefficient (Wildman–Crippen LogP) is 0.490. The van der Waals surface area contributed by atoms with E-state index in [9.17, 15) is 9.59 Å². The number of nitrogens with zero attached hydrogens (tertiary/aromatic N) is 2. The quantitative estimate of drug-likeness (QED) is 0.822. The van der Waals surface area contributed by atoms with E-state index in [1.807, 2.05) is 35.2 Å². The lowest BCUT2D eigenvalue weighted by Crippen LogP contribution is -2.40. The molecular formula is C17H21N3O3. The van der Waals surface area contributed by atoms with Crippen molar-refractivity contribution in [3.63, 3.8) is 0 Å². The molecule has 2 fully saturated rings. The lowest BCUT2D eigenvalue weighted by atomic mass is 10.1. The first kappa shape index (κ1) is 15.6. The van der Waals surface area contributed by atoms with Gasteiger partial charge in [-0.3, -0.25) is 14.5 Å². The zero-order chi connectivity index (χ0) is 16.2. The molecule has 122 valence electrons. The Balaban J connectivity index is 1.69. The first-order chi connectivity index (χ1) is 11.2. The summed E-state index contributed by atoms with van der Waals surface area (Å²) >= 11 is 0. The molecule has 0 radical (unpaired) electrons. The third-order valence-electron chi connectivity index (χ3n) is 4.25. The highest BCUT2D eigenvalue weighted by Crippen LogP contribution is 2.22. The van der Waals surface area contributed by atoms with E-state index >= 15 is 0 Å². The predicted molar refractivity (Wildman–Crippen MR) is 85.1 cm³/mol.